The van der Waals surface area contributed by atoms with E-state index in [1.807, 2.05) is 0 Å². The largest absolute Gasteiger partial charge is 0.257 e. The molecule has 2 aliphatic carbocycles. The van der Waals surface area contributed by atoms with Crippen LogP contribution in [0, 0.1) is 6.92 Å². The van der Waals surface area contributed by atoms with Gasteiger partial charge in [0.2, 0.25) is 0 Å². The lowest BCUT2D eigenvalue weighted by Gasteiger charge is -2.16. The molecule has 23 heavy (non-hydrogen) atoms. The van der Waals surface area contributed by atoms with Gasteiger partial charge in [0.1, 0.15) is 0 Å². The van der Waals surface area contributed by atoms with Crippen LogP contribution in [0.1, 0.15) is 81.9 Å². The van der Waals surface area contributed by atoms with E-state index in [0.29, 0.717) is 0 Å². The van der Waals surface area contributed by atoms with Crippen LogP contribution in [0.4, 0.5) is 11.4 Å². The molecule has 0 bridgehead atoms. The average molecular weight is 310 g/mol. The van der Waals surface area contributed by atoms with Gasteiger partial charge in [-0.3, -0.25) is 9.98 Å². The van der Waals surface area contributed by atoms with Crippen molar-refractivity contribution in [2.45, 2.75) is 85.0 Å². The van der Waals surface area contributed by atoms with Gasteiger partial charge >= 0.3 is 0 Å². The molecular formula is C21H30N2. The molecule has 0 saturated heterocycles. The fraction of sp³-hybridized carbons (Fsp3) is 0.619. The fourth-order valence-electron chi connectivity index (χ4n) is 3.90. The Morgan fingerprint density at radius 3 is 1.48 bits per heavy atom. The van der Waals surface area contributed by atoms with Crippen LogP contribution in [0.5, 0.6) is 0 Å². The van der Waals surface area contributed by atoms with Gasteiger partial charge in [-0.15, -0.1) is 0 Å². The zero-order chi connectivity index (χ0) is 16.2. The van der Waals surface area contributed by atoms with E-state index in [4.69, 9.17) is 9.98 Å². The molecule has 0 radical (unpaired) electrons. The smallest absolute Gasteiger partial charge is 0.0711 e. The van der Waals surface area contributed by atoms with Crippen molar-refractivity contribution < 1.29 is 0 Å². The Bertz CT molecular complexity index is 569. The van der Waals surface area contributed by atoms with Crippen molar-refractivity contribution >= 4 is 22.8 Å². The van der Waals surface area contributed by atoms with Crippen molar-refractivity contribution in [2.75, 3.05) is 0 Å². The topological polar surface area (TPSA) is 24.7 Å². The van der Waals surface area contributed by atoms with Gasteiger partial charge in [-0.05, 0) is 82.3 Å². The van der Waals surface area contributed by atoms with Crippen molar-refractivity contribution in [3.05, 3.63) is 22.8 Å². The first-order chi connectivity index (χ1) is 11.2. The summed E-state index contributed by atoms with van der Waals surface area (Å²) in [6, 6.07) is 2.37. The number of nitrogens with zero attached hydrogens (tertiary/aromatic N) is 2. The third-order valence-electron chi connectivity index (χ3n) is 5.33. The van der Waals surface area contributed by atoms with Crippen molar-refractivity contribution in [3.63, 3.8) is 0 Å². The maximum atomic E-state index is 5.09. The summed E-state index contributed by atoms with van der Waals surface area (Å²) in [5.41, 5.74) is 9.33. The molecule has 0 spiro atoms. The van der Waals surface area contributed by atoms with E-state index in [-0.39, 0.29) is 0 Å². The van der Waals surface area contributed by atoms with Crippen LogP contribution in [0.15, 0.2) is 16.1 Å². The highest BCUT2D eigenvalue weighted by atomic mass is 14.8. The number of aryl methyl sites for hydroxylation is 2. The van der Waals surface area contributed by atoms with Crippen LogP contribution < -0.4 is 0 Å². The summed E-state index contributed by atoms with van der Waals surface area (Å²) in [5.74, 6) is 0. The summed E-state index contributed by atoms with van der Waals surface area (Å²) in [6.45, 7) is 6.73. The first-order valence-corrected chi connectivity index (χ1v) is 9.51. The number of hydrogen-bond donors (Lipinski definition) is 0. The molecule has 2 heteroatoms. The summed E-state index contributed by atoms with van der Waals surface area (Å²) in [5, 5.41) is 0. The summed E-state index contributed by atoms with van der Waals surface area (Å²) >= 11 is 0. The van der Waals surface area contributed by atoms with Gasteiger partial charge in [0.15, 0.2) is 0 Å². The molecule has 2 saturated carbocycles. The number of rotatable bonds is 4. The van der Waals surface area contributed by atoms with Crippen LogP contribution >= 0.6 is 0 Å². The molecule has 0 atom stereocenters. The molecule has 3 rings (SSSR count). The van der Waals surface area contributed by atoms with E-state index in [2.05, 4.69) is 26.8 Å². The Kier molecular flexibility index (Phi) is 5.30. The predicted octanol–water partition coefficient (Wildman–Crippen LogP) is 6.41. The van der Waals surface area contributed by atoms with E-state index in [1.165, 1.54) is 90.9 Å². The molecule has 1 aromatic carbocycles. The van der Waals surface area contributed by atoms with Crippen molar-refractivity contribution in [1.29, 1.82) is 0 Å². The minimum Gasteiger partial charge on any atom is -0.257 e. The van der Waals surface area contributed by atoms with Crippen LogP contribution in [-0.4, -0.2) is 11.4 Å². The molecule has 0 aliphatic heterocycles. The lowest BCUT2D eigenvalue weighted by Crippen LogP contribution is -1.97. The SMILES string of the molecule is CCc1cc(CC)c(N=C2CCCC2)c(C)c1N=C1CCCC1. The molecule has 0 unspecified atom stereocenters. The molecule has 0 heterocycles. The van der Waals surface area contributed by atoms with Gasteiger partial charge in [-0.2, -0.15) is 0 Å². The Hall–Kier alpha value is -1.44. The van der Waals surface area contributed by atoms with E-state index in [1.54, 1.807) is 0 Å². The second-order valence-corrected chi connectivity index (χ2v) is 6.99. The quantitative estimate of drug-likeness (QED) is 0.613. The summed E-state index contributed by atoms with van der Waals surface area (Å²) in [6.07, 6.45) is 12.1. The fourth-order valence-corrected chi connectivity index (χ4v) is 3.90. The number of hydrogen-bond acceptors (Lipinski definition) is 2. The van der Waals surface area contributed by atoms with Crippen LogP contribution in [-0.2, 0) is 12.8 Å². The third kappa shape index (κ3) is 3.57. The van der Waals surface area contributed by atoms with Crippen molar-refractivity contribution in [3.8, 4) is 0 Å². The number of aliphatic imine (C=N–C) groups is 2. The number of benzene rings is 1. The zero-order valence-electron chi connectivity index (χ0n) is 15.0. The van der Waals surface area contributed by atoms with Gasteiger partial charge in [0.25, 0.3) is 0 Å². The molecule has 0 N–H and O–H groups in total. The first-order valence-electron chi connectivity index (χ1n) is 9.51. The lowest BCUT2D eigenvalue weighted by molar-refractivity contribution is 0.886. The second kappa shape index (κ2) is 7.42. The first kappa shape index (κ1) is 16.4. The molecule has 2 nitrogen and oxygen atoms in total. The summed E-state index contributed by atoms with van der Waals surface area (Å²) < 4.78 is 0. The van der Waals surface area contributed by atoms with Crippen LogP contribution in [0.3, 0.4) is 0 Å². The maximum absolute atomic E-state index is 5.09. The van der Waals surface area contributed by atoms with Gasteiger partial charge in [-0.1, -0.05) is 19.9 Å². The summed E-state index contributed by atoms with van der Waals surface area (Å²) in [7, 11) is 0. The molecule has 0 amide bonds. The lowest BCUT2D eigenvalue weighted by atomic mass is 9.97. The second-order valence-electron chi connectivity index (χ2n) is 6.99. The molecule has 2 fully saturated rings. The average Bonchev–Trinajstić information content (AvgIpc) is 3.25. The third-order valence-corrected chi connectivity index (χ3v) is 5.33. The molecule has 1 aromatic rings. The minimum absolute atomic E-state index is 1.05. The van der Waals surface area contributed by atoms with Gasteiger partial charge in [0, 0.05) is 17.0 Å². The zero-order valence-corrected chi connectivity index (χ0v) is 15.0. The Labute approximate surface area is 141 Å². The molecule has 124 valence electrons. The van der Waals surface area contributed by atoms with Gasteiger partial charge in [-0.25, -0.2) is 0 Å². The normalized spacial score (nSPS) is 17.9. The van der Waals surface area contributed by atoms with E-state index in [9.17, 15) is 0 Å². The van der Waals surface area contributed by atoms with Gasteiger partial charge < -0.3 is 0 Å². The highest BCUT2D eigenvalue weighted by molar-refractivity contribution is 5.92. The Balaban J connectivity index is 2.10. The van der Waals surface area contributed by atoms with Crippen LogP contribution in [0.2, 0.25) is 0 Å². The Morgan fingerprint density at radius 2 is 1.13 bits per heavy atom. The van der Waals surface area contributed by atoms with Crippen LogP contribution in [0.25, 0.3) is 0 Å². The molecule has 2 aliphatic rings. The Morgan fingerprint density at radius 1 is 0.739 bits per heavy atom. The maximum Gasteiger partial charge on any atom is 0.0711 e. The van der Waals surface area contributed by atoms with Gasteiger partial charge in [0.05, 0.1) is 11.4 Å². The van der Waals surface area contributed by atoms with E-state index < -0.39 is 0 Å². The molecular weight excluding hydrogens is 280 g/mol. The predicted molar refractivity (Wildman–Crippen MR) is 101 cm³/mol. The minimum atomic E-state index is 1.05. The standard InChI is InChI=1S/C21H30N2/c1-4-16-14-17(5-2)21(23-19-12-8-9-13-19)15(3)20(16)22-18-10-6-7-11-18/h14H,4-13H2,1-3H3. The van der Waals surface area contributed by atoms with Crippen molar-refractivity contribution in [1.82, 2.24) is 0 Å². The van der Waals surface area contributed by atoms with Crippen molar-refractivity contribution in [2.24, 2.45) is 9.98 Å². The van der Waals surface area contributed by atoms with E-state index >= 15 is 0 Å². The highest BCUT2D eigenvalue weighted by Gasteiger charge is 2.17. The highest BCUT2D eigenvalue weighted by Crippen LogP contribution is 2.38. The van der Waals surface area contributed by atoms with E-state index in [0.717, 1.165) is 12.8 Å². The monoisotopic (exact) mass is 310 g/mol. The summed E-state index contributed by atoms with van der Waals surface area (Å²) in [4.78, 5) is 10.2. The molecule has 0 aromatic heterocycles.